The Kier molecular flexibility index (Phi) is 2.54. The van der Waals surface area contributed by atoms with Crippen LogP contribution in [0.25, 0.3) is 11.0 Å². The summed E-state index contributed by atoms with van der Waals surface area (Å²) in [5.41, 5.74) is 6.85. The van der Waals surface area contributed by atoms with Crippen molar-refractivity contribution in [3.05, 3.63) is 34.1 Å². The van der Waals surface area contributed by atoms with Gasteiger partial charge in [0.05, 0.1) is 5.02 Å². The van der Waals surface area contributed by atoms with Crippen molar-refractivity contribution in [3.63, 3.8) is 0 Å². The quantitative estimate of drug-likeness (QED) is 0.762. The van der Waals surface area contributed by atoms with Crippen molar-refractivity contribution in [2.24, 2.45) is 5.73 Å². The number of fused-ring (bicyclic) bond motifs is 1. The molecule has 0 aliphatic rings. The number of hydrogen-bond acceptors (Lipinski definition) is 3. The fraction of sp³-hybridized carbons (Fsp3) is 0.111. The van der Waals surface area contributed by atoms with Crippen LogP contribution in [0.15, 0.2) is 18.3 Å². The van der Waals surface area contributed by atoms with Crippen LogP contribution in [0, 0.1) is 0 Å². The van der Waals surface area contributed by atoms with Gasteiger partial charge >= 0.3 is 0 Å². The Morgan fingerprint density at radius 1 is 1.29 bits per heavy atom. The van der Waals surface area contributed by atoms with Gasteiger partial charge in [0.1, 0.15) is 5.15 Å². The standard InChI is InChI=1S/C9H7Cl2N3/c10-7-2-1-6-8(11)5(3-12)4-13-9(6)14-7/h1-2,4H,3,12H2. The summed E-state index contributed by atoms with van der Waals surface area (Å²) in [5, 5.41) is 1.78. The first-order valence-corrected chi connectivity index (χ1v) is 4.77. The van der Waals surface area contributed by atoms with Crippen LogP contribution >= 0.6 is 23.2 Å². The average molecular weight is 228 g/mol. The molecule has 0 unspecified atom stereocenters. The van der Waals surface area contributed by atoms with Gasteiger partial charge in [-0.05, 0) is 12.1 Å². The zero-order chi connectivity index (χ0) is 10.1. The van der Waals surface area contributed by atoms with E-state index in [1.54, 1.807) is 18.3 Å². The summed E-state index contributed by atoms with van der Waals surface area (Å²) >= 11 is 11.8. The summed E-state index contributed by atoms with van der Waals surface area (Å²) in [6, 6.07) is 3.47. The lowest BCUT2D eigenvalue weighted by Crippen LogP contribution is -1.99. The summed E-state index contributed by atoms with van der Waals surface area (Å²) in [5.74, 6) is 0. The molecule has 0 aliphatic carbocycles. The summed E-state index contributed by atoms with van der Waals surface area (Å²) in [4.78, 5) is 8.15. The molecule has 3 nitrogen and oxygen atoms in total. The smallest absolute Gasteiger partial charge is 0.162 e. The van der Waals surface area contributed by atoms with E-state index < -0.39 is 0 Å². The fourth-order valence-electron chi connectivity index (χ4n) is 1.21. The Balaban J connectivity index is 2.77. The van der Waals surface area contributed by atoms with Gasteiger partial charge in [-0.2, -0.15) is 0 Å². The second kappa shape index (κ2) is 3.69. The Hall–Kier alpha value is -0.900. The normalized spacial score (nSPS) is 10.8. The first-order chi connectivity index (χ1) is 6.72. The maximum atomic E-state index is 6.09. The molecule has 0 spiro atoms. The minimum Gasteiger partial charge on any atom is -0.326 e. The SMILES string of the molecule is NCc1cnc2nc(Cl)ccc2c1Cl. The number of halogens is 2. The molecule has 0 aromatic carbocycles. The van der Waals surface area contributed by atoms with Gasteiger partial charge in [-0.15, -0.1) is 0 Å². The van der Waals surface area contributed by atoms with Crippen molar-refractivity contribution >= 4 is 34.2 Å². The van der Waals surface area contributed by atoms with Crippen LogP contribution in [-0.2, 0) is 6.54 Å². The van der Waals surface area contributed by atoms with Crippen LogP contribution in [-0.4, -0.2) is 9.97 Å². The molecule has 72 valence electrons. The molecule has 2 N–H and O–H groups in total. The van der Waals surface area contributed by atoms with E-state index in [2.05, 4.69) is 9.97 Å². The number of aromatic nitrogens is 2. The monoisotopic (exact) mass is 227 g/mol. The molecule has 0 atom stereocenters. The number of nitrogens with zero attached hydrogens (tertiary/aromatic N) is 2. The van der Waals surface area contributed by atoms with Crippen LogP contribution < -0.4 is 5.73 Å². The minimum absolute atomic E-state index is 0.365. The van der Waals surface area contributed by atoms with Crippen molar-refractivity contribution < 1.29 is 0 Å². The van der Waals surface area contributed by atoms with E-state index in [0.29, 0.717) is 22.4 Å². The van der Waals surface area contributed by atoms with Gasteiger partial charge < -0.3 is 5.73 Å². The highest BCUT2D eigenvalue weighted by Gasteiger charge is 2.06. The van der Waals surface area contributed by atoms with E-state index in [4.69, 9.17) is 28.9 Å². The number of hydrogen-bond donors (Lipinski definition) is 1. The third kappa shape index (κ3) is 1.54. The Bertz CT molecular complexity index is 485. The topological polar surface area (TPSA) is 51.8 Å². The van der Waals surface area contributed by atoms with E-state index >= 15 is 0 Å². The molecule has 14 heavy (non-hydrogen) atoms. The molecule has 0 bridgehead atoms. The maximum Gasteiger partial charge on any atom is 0.162 e. The fourth-order valence-corrected chi connectivity index (χ4v) is 1.62. The van der Waals surface area contributed by atoms with Gasteiger partial charge in [0.15, 0.2) is 5.65 Å². The van der Waals surface area contributed by atoms with Gasteiger partial charge in [-0.3, -0.25) is 0 Å². The van der Waals surface area contributed by atoms with Crippen molar-refractivity contribution in [2.75, 3.05) is 0 Å². The van der Waals surface area contributed by atoms with E-state index in [9.17, 15) is 0 Å². The summed E-state index contributed by atoms with van der Waals surface area (Å²) in [6.45, 7) is 0.365. The van der Waals surface area contributed by atoms with Crippen LogP contribution in [0.3, 0.4) is 0 Å². The lowest BCUT2D eigenvalue weighted by Gasteiger charge is -2.03. The van der Waals surface area contributed by atoms with Crippen LogP contribution in [0.1, 0.15) is 5.56 Å². The summed E-state index contributed by atoms with van der Waals surface area (Å²) in [7, 11) is 0. The van der Waals surface area contributed by atoms with Crippen molar-refractivity contribution in [3.8, 4) is 0 Å². The van der Waals surface area contributed by atoms with Gasteiger partial charge in [-0.25, -0.2) is 9.97 Å². The first kappa shape index (κ1) is 9.65. The van der Waals surface area contributed by atoms with E-state index in [-0.39, 0.29) is 0 Å². The zero-order valence-electron chi connectivity index (χ0n) is 7.17. The van der Waals surface area contributed by atoms with Gasteiger partial charge in [0.2, 0.25) is 0 Å². The molecule has 5 heteroatoms. The van der Waals surface area contributed by atoms with Crippen molar-refractivity contribution in [1.82, 2.24) is 9.97 Å². The van der Waals surface area contributed by atoms with E-state index in [1.807, 2.05) is 0 Å². The molecule has 0 saturated heterocycles. The third-order valence-corrected chi connectivity index (χ3v) is 2.58. The molecule has 2 rings (SSSR count). The summed E-state index contributed by atoms with van der Waals surface area (Å²) in [6.07, 6.45) is 1.62. The van der Waals surface area contributed by atoms with Gasteiger partial charge in [-0.1, -0.05) is 23.2 Å². The first-order valence-electron chi connectivity index (χ1n) is 4.02. The van der Waals surface area contributed by atoms with Crippen LogP contribution in [0.4, 0.5) is 0 Å². The predicted molar refractivity (Wildman–Crippen MR) is 57.4 cm³/mol. The highest BCUT2D eigenvalue weighted by molar-refractivity contribution is 6.36. The predicted octanol–water partition coefficient (Wildman–Crippen LogP) is 2.40. The second-order valence-electron chi connectivity index (χ2n) is 2.81. The van der Waals surface area contributed by atoms with Crippen LogP contribution in [0.2, 0.25) is 10.2 Å². The molecule has 0 radical (unpaired) electrons. The molecular weight excluding hydrogens is 221 g/mol. The number of pyridine rings is 2. The lowest BCUT2D eigenvalue weighted by atomic mass is 10.2. The average Bonchev–Trinajstić information content (AvgIpc) is 2.18. The Morgan fingerprint density at radius 2 is 2.07 bits per heavy atom. The molecule has 0 fully saturated rings. The third-order valence-electron chi connectivity index (χ3n) is 1.92. The minimum atomic E-state index is 0.365. The highest BCUT2D eigenvalue weighted by atomic mass is 35.5. The number of rotatable bonds is 1. The molecule has 2 heterocycles. The molecule has 2 aromatic rings. The zero-order valence-corrected chi connectivity index (χ0v) is 8.68. The molecule has 0 amide bonds. The lowest BCUT2D eigenvalue weighted by molar-refractivity contribution is 1.05. The van der Waals surface area contributed by atoms with Gasteiger partial charge in [0.25, 0.3) is 0 Å². The molecular formula is C9H7Cl2N3. The van der Waals surface area contributed by atoms with E-state index in [1.165, 1.54) is 0 Å². The molecule has 2 aromatic heterocycles. The Labute approximate surface area is 90.9 Å². The number of nitrogens with two attached hydrogens (primary N) is 1. The van der Waals surface area contributed by atoms with Crippen molar-refractivity contribution in [1.29, 1.82) is 0 Å². The highest BCUT2D eigenvalue weighted by Crippen LogP contribution is 2.25. The van der Waals surface area contributed by atoms with Crippen LogP contribution in [0.5, 0.6) is 0 Å². The van der Waals surface area contributed by atoms with E-state index in [0.717, 1.165) is 10.9 Å². The Morgan fingerprint density at radius 3 is 2.79 bits per heavy atom. The van der Waals surface area contributed by atoms with Gasteiger partial charge in [0, 0.05) is 23.7 Å². The summed E-state index contributed by atoms with van der Waals surface area (Å²) < 4.78 is 0. The molecule has 0 saturated carbocycles. The van der Waals surface area contributed by atoms with Crippen molar-refractivity contribution in [2.45, 2.75) is 6.54 Å². The molecule has 0 aliphatic heterocycles. The maximum absolute atomic E-state index is 6.09. The largest absolute Gasteiger partial charge is 0.326 e. The second-order valence-corrected chi connectivity index (χ2v) is 3.57.